The normalized spacial score (nSPS) is 12.4. The molecule has 0 bridgehead atoms. The van der Waals surface area contributed by atoms with E-state index in [1.807, 2.05) is 30.8 Å². The molecule has 0 amide bonds. The van der Waals surface area contributed by atoms with Gasteiger partial charge in [0.15, 0.2) is 5.82 Å². The molecule has 10 heteroatoms. The summed E-state index contributed by atoms with van der Waals surface area (Å²) in [6.07, 6.45) is 1.93. The Kier molecular flexibility index (Phi) is 4.79. The number of aryl methyl sites for hydroxylation is 2. The van der Waals surface area contributed by atoms with Crippen LogP contribution in [-0.4, -0.2) is 29.9 Å². The zero-order chi connectivity index (χ0) is 18.1. The average molecular weight is 404 g/mol. The van der Waals surface area contributed by atoms with Crippen LogP contribution >= 0.6 is 34.0 Å². The monoisotopic (exact) mass is 403 g/mol. The molecule has 4 aromatic heterocycles. The molecule has 1 N–H and O–H groups in total. The molecule has 0 aliphatic heterocycles. The molecular formula is C16H17N7S3. The summed E-state index contributed by atoms with van der Waals surface area (Å²) in [4.78, 5) is 9.01. The number of nitrogens with one attached hydrogen (secondary N) is 1. The Morgan fingerprint density at radius 2 is 2.00 bits per heavy atom. The van der Waals surface area contributed by atoms with Crippen molar-refractivity contribution in [2.75, 3.05) is 5.32 Å². The third kappa shape index (κ3) is 3.81. The summed E-state index contributed by atoms with van der Waals surface area (Å²) in [6, 6.07) is 1.92. The summed E-state index contributed by atoms with van der Waals surface area (Å²) in [5.41, 5.74) is 2.06. The zero-order valence-corrected chi connectivity index (χ0v) is 17.0. The van der Waals surface area contributed by atoms with Crippen LogP contribution in [0.1, 0.15) is 39.3 Å². The van der Waals surface area contributed by atoms with Crippen LogP contribution in [0.25, 0.3) is 0 Å². The van der Waals surface area contributed by atoms with Crippen LogP contribution in [0.5, 0.6) is 0 Å². The predicted octanol–water partition coefficient (Wildman–Crippen LogP) is 4.21. The Bertz CT molecular complexity index is 1010. The molecular weight excluding hydrogens is 386 g/mol. The second-order valence-corrected chi connectivity index (χ2v) is 8.84. The number of hydrogen-bond donors (Lipinski definition) is 1. The molecule has 0 fully saturated rings. The molecule has 0 aliphatic carbocycles. The minimum absolute atomic E-state index is 0.146. The molecule has 134 valence electrons. The summed E-state index contributed by atoms with van der Waals surface area (Å²) in [5, 5.41) is 24.2. The largest absolute Gasteiger partial charge is 0.313 e. The van der Waals surface area contributed by atoms with Crippen molar-refractivity contribution in [3.8, 4) is 0 Å². The summed E-state index contributed by atoms with van der Waals surface area (Å²) in [5.74, 6) is 0.893. The standard InChI is InChI=1S/C16H17N7S3/c1-9-7-25-14(17-9)10(2)15-20-21-16(26-15)19-13-4-5-23(22-13)6-12-8-24-11(3)18-12/h4-5,7-8,10H,6H2,1-3H3,(H,19,21,22). The van der Waals surface area contributed by atoms with E-state index in [9.17, 15) is 0 Å². The summed E-state index contributed by atoms with van der Waals surface area (Å²) in [6.45, 7) is 6.77. The topological polar surface area (TPSA) is 81.4 Å². The Labute approximate surface area is 162 Å². The number of rotatable bonds is 6. The number of aromatic nitrogens is 6. The molecule has 1 atom stereocenters. The quantitative estimate of drug-likeness (QED) is 0.519. The minimum Gasteiger partial charge on any atom is -0.313 e. The fourth-order valence-electron chi connectivity index (χ4n) is 2.41. The van der Waals surface area contributed by atoms with Crippen molar-refractivity contribution in [1.82, 2.24) is 29.9 Å². The van der Waals surface area contributed by atoms with Crippen molar-refractivity contribution in [2.24, 2.45) is 0 Å². The number of thiazole rings is 2. The number of hydrogen-bond acceptors (Lipinski definition) is 9. The van der Waals surface area contributed by atoms with E-state index in [-0.39, 0.29) is 5.92 Å². The summed E-state index contributed by atoms with van der Waals surface area (Å²) < 4.78 is 1.86. The average Bonchev–Trinajstić information content (AvgIpc) is 3.38. The molecule has 0 saturated heterocycles. The van der Waals surface area contributed by atoms with Gasteiger partial charge in [0, 0.05) is 28.7 Å². The molecule has 0 saturated carbocycles. The first-order valence-corrected chi connectivity index (χ1v) is 10.6. The molecule has 0 aliphatic rings. The van der Waals surface area contributed by atoms with E-state index >= 15 is 0 Å². The van der Waals surface area contributed by atoms with Crippen LogP contribution in [-0.2, 0) is 6.54 Å². The number of anilines is 2. The minimum atomic E-state index is 0.146. The van der Waals surface area contributed by atoms with E-state index in [1.54, 1.807) is 22.7 Å². The first kappa shape index (κ1) is 17.3. The van der Waals surface area contributed by atoms with E-state index in [1.165, 1.54) is 11.3 Å². The molecule has 0 spiro atoms. The summed E-state index contributed by atoms with van der Waals surface area (Å²) >= 11 is 4.84. The highest BCUT2D eigenvalue weighted by atomic mass is 32.1. The Balaban J connectivity index is 1.42. The van der Waals surface area contributed by atoms with E-state index in [0.717, 1.165) is 37.4 Å². The second-order valence-electron chi connectivity index (χ2n) is 5.88. The molecule has 0 aromatic carbocycles. The van der Waals surface area contributed by atoms with Crippen LogP contribution in [0, 0.1) is 13.8 Å². The fourth-order valence-corrected chi connectivity index (χ4v) is 4.75. The van der Waals surface area contributed by atoms with Gasteiger partial charge >= 0.3 is 0 Å². The smallest absolute Gasteiger partial charge is 0.211 e. The lowest BCUT2D eigenvalue weighted by Crippen LogP contribution is -2.01. The lowest BCUT2D eigenvalue weighted by Gasteiger charge is -2.01. The molecule has 4 aromatic rings. The van der Waals surface area contributed by atoms with Crippen molar-refractivity contribution in [3.05, 3.63) is 49.4 Å². The highest BCUT2D eigenvalue weighted by Gasteiger charge is 2.17. The molecule has 7 nitrogen and oxygen atoms in total. The van der Waals surface area contributed by atoms with Gasteiger partial charge in [-0.3, -0.25) is 4.68 Å². The first-order valence-electron chi connectivity index (χ1n) is 8.04. The maximum Gasteiger partial charge on any atom is 0.211 e. The third-order valence-corrected chi connectivity index (χ3v) is 6.67. The lowest BCUT2D eigenvalue weighted by molar-refractivity contribution is 0.677. The zero-order valence-electron chi connectivity index (χ0n) is 14.5. The van der Waals surface area contributed by atoms with Crippen molar-refractivity contribution in [1.29, 1.82) is 0 Å². The van der Waals surface area contributed by atoms with Gasteiger partial charge in [0.1, 0.15) is 10.0 Å². The molecule has 4 heterocycles. The van der Waals surface area contributed by atoms with E-state index < -0.39 is 0 Å². The van der Waals surface area contributed by atoms with Gasteiger partial charge < -0.3 is 5.32 Å². The third-order valence-electron chi connectivity index (χ3n) is 3.68. The number of nitrogens with zero attached hydrogens (tertiary/aromatic N) is 6. The van der Waals surface area contributed by atoms with Crippen LogP contribution in [0.4, 0.5) is 10.9 Å². The highest BCUT2D eigenvalue weighted by molar-refractivity contribution is 7.15. The fraction of sp³-hybridized carbons (Fsp3) is 0.312. The maximum atomic E-state index is 4.54. The van der Waals surface area contributed by atoms with Crippen molar-refractivity contribution in [3.63, 3.8) is 0 Å². The Hall–Kier alpha value is -2.17. The van der Waals surface area contributed by atoms with Crippen molar-refractivity contribution in [2.45, 2.75) is 33.2 Å². The van der Waals surface area contributed by atoms with Gasteiger partial charge in [-0.05, 0) is 20.8 Å². The SMILES string of the molecule is Cc1csc(C(C)c2nnc(Nc3ccn(Cc4csc(C)n4)n3)s2)n1. The van der Waals surface area contributed by atoms with Crippen LogP contribution in [0.15, 0.2) is 23.0 Å². The first-order chi connectivity index (χ1) is 12.6. The van der Waals surface area contributed by atoms with Crippen LogP contribution < -0.4 is 5.32 Å². The van der Waals surface area contributed by atoms with E-state index in [0.29, 0.717) is 6.54 Å². The Morgan fingerprint density at radius 3 is 2.73 bits per heavy atom. The van der Waals surface area contributed by atoms with Crippen LogP contribution in [0.3, 0.4) is 0 Å². The molecule has 1 unspecified atom stereocenters. The second kappa shape index (κ2) is 7.22. The van der Waals surface area contributed by atoms with Gasteiger partial charge in [-0.1, -0.05) is 11.3 Å². The van der Waals surface area contributed by atoms with Gasteiger partial charge in [-0.15, -0.1) is 32.9 Å². The van der Waals surface area contributed by atoms with Gasteiger partial charge in [0.05, 0.1) is 23.2 Å². The van der Waals surface area contributed by atoms with Crippen molar-refractivity contribution < 1.29 is 0 Å². The van der Waals surface area contributed by atoms with E-state index in [2.05, 4.69) is 48.3 Å². The molecule has 26 heavy (non-hydrogen) atoms. The van der Waals surface area contributed by atoms with Gasteiger partial charge in [0.2, 0.25) is 5.13 Å². The molecule has 4 rings (SSSR count). The van der Waals surface area contributed by atoms with Crippen LogP contribution in [0.2, 0.25) is 0 Å². The Morgan fingerprint density at radius 1 is 1.12 bits per heavy atom. The van der Waals surface area contributed by atoms with Crippen molar-refractivity contribution >= 4 is 45.0 Å². The van der Waals surface area contributed by atoms with E-state index in [4.69, 9.17) is 0 Å². The maximum absolute atomic E-state index is 4.54. The lowest BCUT2D eigenvalue weighted by atomic mass is 10.2. The van der Waals surface area contributed by atoms with Gasteiger partial charge in [-0.25, -0.2) is 9.97 Å². The highest BCUT2D eigenvalue weighted by Crippen LogP contribution is 2.31. The van der Waals surface area contributed by atoms with Gasteiger partial charge in [-0.2, -0.15) is 5.10 Å². The molecule has 0 radical (unpaired) electrons. The predicted molar refractivity (Wildman–Crippen MR) is 106 cm³/mol. The summed E-state index contributed by atoms with van der Waals surface area (Å²) in [7, 11) is 0. The van der Waals surface area contributed by atoms with Gasteiger partial charge in [0.25, 0.3) is 0 Å².